The Balaban J connectivity index is 0. The quantitative estimate of drug-likeness (QED) is 0.285. The van der Waals surface area contributed by atoms with Gasteiger partial charge in [0.15, 0.2) is 0 Å². The molecule has 0 amide bonds. The Morgan fingerprint density at radius 3 is 1.59 bits per heavy atom. The van der Waals surface area contributed by atoms with E-state index in [1.165, 1.54) is 0 Å². The van der Waals surface area contributed by atoms with Gasteiger partial charge in [-0.3, -0.25) is 0 Å². The molecule has 0 atom stereocenters. The molecule has 0 aromatic heterocycles. The Bertz CT molecular complexity index is 236. The molecule has 0 rings (SSSR count). The second kappa shape index (κ2) is 7.87. The summed E-state index contributed by atoms with van der Waals surface area (Å²) in [5, 5.41) is -2.59. The van der Waals surface area contributed by atoms with Crippen LogP contribution < -0.4 is 0 Å². The van der Waals surface area contributed by atoms with Crippen molar-refractivity contribution in [2.75, 3.05) is 6.16 Å². The van der Waals surface area contributed by atoms with E-state index in [0.29, 0.717) is 17.2 Å². The first kappa shape index (κ1) is 20.7. The minimum atomic E-state index is -2.59. The zero-order valence-corrected chi connectivity index (χ0v) is 15.8. The molecule has 0 unspecified atom stereocenters. The maximum Gasteiger partial charge on any atom is 0 e. The van der Waals surface area contributed by atoms with Crippen molar-refractivity contribution in [3.63, 3.8) is 0 Å². The first-order valence-electron chi connectivity index (χ1n) is 6.19. The van der Waals surface area contributed by atoms with Crippen LogP contribution in [0.2, 0.25) is 0 Å². The van der Waals surface area contributed by atoms with Crippen molar-refractivity contribution in [1.29, 1.82) is 0 Å². The smallest absolute Gasteiger partial charge is 0 e. The van der Waals surface area contributed by atoms with Crippen molar-refractivity contribution < 1.29 is 20.4 Å². The number of hydrogen-bond donors (Lipinski definition) is 0. The zero-order chi connectivity index (χ0) is 13.0. The molecule has 0 spiro atoms. The van der Waals surface area contributed by atoms with E-state index in [2.05, 4.69) is 53.7 Å². The van der Waals surface area contributed by atoms with Crippen LogP contribution in [0.4, 0.5) is 0 Å². The summed E-state index contributed by atoms with van der Waals surface area (Å²) in [5.41, 5.74) is 0.719. The number of rotatable bonds is 6. The van der Waals surface area contributed by atoms with Crippen LogP contribution in [0.25, 0.3) is 0 Å². The molecule has 0 aliphatic rings. The summed E-state index contributed by atoms with van der Waals surface area (Å²) < 4.78 is 0. The Kier molecular flexibility index (Phi) is 9.59. The molecular formula is C13H27Cl2PPd. The Hall–Kier alpha value is 1.41. The molecule has 0 aromatic carbocycles. The van der Waals surface area contributed by atoms with Crippen molar-refractivity contribution in [3.8, 4) is 0 Å². The molecule has 0 saturated heterocycles. The van der Waals surface area contributed by atoms with Crippen LogP contribution in [0, 0.1) is 5.92 Å². The Labute approximate surface area is 131 Å². The fourth-order valence-corrected chi connectivity index (χ4v) is 4.73. The first-order chi connectivity index (χ1) is 7.10. The van der Waals surface area contributed by atoms with Gasteiger partial charge in [-0.1, -0.05) is 0 Å². The third-order valence-corrected chi connectivity index (χ3v) is 14.0. The molecule has 4 heteroatoms. The van der Waals surface area contributed by atoms with Crippen LogP contribution in [0.15, 0.2) is 12.2 Å². The summed E-state index contributed by atoms with van der Waals surface area (Å²) >= 11 is 13.6. The minimum absolute atomic E-state index is 0. The van der Waals surface area contributed by atoms with Crippen molar-refractivity contribution in [2.45, 2.75) is 59.3 Å². The average molecular weight is 392 g/mol. The van der Waals surface area contributed by atoms with Gasteiger partial charge < -0.3 is 0 Å². The molecule has 0 saturated carbocycles. The van der Waals surface area contributed by atoms with E-state index in [1.807, 2.05) is 0 Å². The SMILES string of the molecule is CC(C)CC=CCP(Cl)(Cl)(C(C)C)C(C)C.[Pd]. The molecule has 0 N–H and O–H groups in total. The summed E-state index contributed by atoms with van der Waals surface area (Å²) in [6.45, 7) is 13.0. The minimum Gasteiger partial charge on any atom is 0 e. The van der Waals surface area contributed by atoms with E-state index in [-0.39, 0.29) is 20.4 Å². The molecule has 0 heterocycles. The van der Waals surface area contributed by atoms with E-state index < -0.39 is 5.31 Å². The van der Waals surface area contributed by atoms with Crippen LogP contribution in [0.5, 0.6) is 0 Å². The number of allylic oxidation sites excluding steroid dienone is 2. The first-order valence-corrected chi connectivity index (χ1v) is 10.6. The molecule has 0 aliphatic heterocycles. The topological polar surface area (TPSA) is 0 Å². The second-order valence-corrected chi connectivity index (χ2v) is 15.8. The molecule has 0 bridgehead atoms. The predicted molar refractivity (Wildman–Crippen MR) is 82.4 cm³/mol. The van der Waals surface area contributed by atoms with Crippen LogP contribution >= 0.6 is 27.8 Å². The molecular weight excluding hydrogens is 364 g/mol. The summed E-state index contributed by atoms with van der Waals surface area (Å²) in [5.74, 6) is 0.700. The second-order valence-electron chi connectivity index (χ2n) is 5.68. The van der Waals surface area contributed by atoms with Gasteiger partial charge in [0, 0.05) is 20.4 Å². The van der Waals surface area contributed by atoms with E-state index in [0.717, 1.165) is 12.6 Å². The van der Waals surface area contributed by atoms with Gasteiger partial charge in [0.1, 0.15) is 0 Å². The molecule has 0 nitrogen and oxygen atoms in total. The number of halogens is 2. The van der Waals surface area contributed by atoms with Gasteiger partial charge in [0.2, 0.25) is 0 Å². The molecule has 17 heavy (non-hydrogen) atoms. The van der Waals surface area contributed by atoms with Crippen molar-refractivity contribution in [3.05, 3.63) is 12.2 Å². The monoisotopic (exact) mass is 390 g/mol. The van der Waals surface area contributed by atoms with Crippen LogP contribution in [0.3, 0.4) is 0 Å². The third kappa shape index (κ3) is 5.93. The van der Waals surface area contributed by atoms with E-state index in [1.54, 1.807) is 0 Å². The van der Waals surface area contributed by atoms with Gasteiger partial charge in [0.05, 0.1) is 0 Å². The van der Waals surface area contributed by atoms with Gasteiger partial charge in [-0.2, -0.15) is 0 Å². The molecule has 0 aliphatic carbocycles. The fourth-order valence-electron chi connectivity index (χ4n) is 1.66. The Morgan fingerprint density at radius 1 is 0.882 bits per heavy atom. The van der Waals surface area contributed by atoms with Gasteiger partial charge in [0.25, 0.3) is 0 Å². The molecule has 0 radical (unpaired) electrons. The normalized spacial score (nSPS) is 15.4. The fraction of sp³-hybridized carbons (Fsp3) is 0.846. The maximum absolute atomic E-state index is 6.82. The number of hydrogen-bond acceptors (Lipinski definition) is 0. The summed E-state index contributed by atoms with van der Waals surface area (Å²) in [6.07, 6.45) is 6.37. The van der Waals surface area contributed by atoms with Crippen molar-refractivity contribution in [1.82, 2.24) is 0 Å². The van der Waals surface area contributed by atoms with Gasteiger partial charge in [-0.25, -0.2) is 0 Å². The van der Waals surface area contributed by atoms with Crippen molar-refractivity contribution >= 4 is 27.8 Å². The van der Waals surface area contributed by atoms with Crippen LogP contribution in [-0.4, -0.2) is 17.5 Å². The van der Waals surface area contributed by atoms with Crippen LogP contribution in [0.1, 0.15) is 48.0 Å². The third-order valence-electron chi connectivity index (χ3n) is 3.34. The molecule has 108 valence electrons. The van der Waals surface area contributed by atoms with Gasteiger partial charge >= 0.3 is 111 Å². The van der Waals surface area contributed by atoms with Crippen molar-refractivity contribution in [2.24, 2.45) is 5.92 Å². The zero-order valence-electron chi connectivity index (χ0n) is 11.8. The van der Waals surface area contributed by atoms with Gasteiger partial charge in [-0.05, 0) is 0 Å². The largest absolute Gasteiger partial charge is 0 e. The van der Waals surface area contributed by atoms with E-state index in [9.17, 15) is 0 Å². The standard InChI is InChI=1S/C13H27Cl2P.Pd/c1-11(2)9-7-8-10-16(14,15,12(3)4)13(5)6;/h7-8,11-13H,9-10H2,1-6H3;. The summed E-state index contributed by atoms with van der Waals surface area (Å²) in [6, 6.07) is 0. The maximum atomic E-state index is 6.82. The summed E-state index contributed by atoms with van der Waals surface area (Å²) in [4.78, 5) is 0. The predicted octanol–water partition coefficient (Wildman–Crippen LogP) is 6.26. The molecule has 0 aromatic rings. The van der Waals surface area contributed by atoms with E-state index in [4.69, 9.17) is 22.5 Å². The summed E-state index contributed by atoms with van der Waals surface area (Å²) in [7, 11) is 0. The molecule has 0 fully saturated rings. The van der Waals surface area contributed by atoms with E-state index >= 15 is 0 Å². The van der Waals surface area contributed by atoms with Gasteiger partial charge in [-0.15, -0.1) is 0 Å². The van der Waals surface area contributed by atoms with Crippen LogP contribution in [-0.2, 0) is 20.4 Å². The Morgan fingerprint density at radius 2 is 1.29 bits per heavy atom. The average Bonchev–Trinajstić information content (AvgIpc) is 2.12.